The molecule has 0 N–H and O–H groups in total. The zero-order chi connectivity index (χ0) is 27.1. The summed E-state index contributed by atoms with van der Waals surface area (Å²) in [5, 5.41) is 12.0. The number of ether oxygens (including phenoxy) is 1. The molecule has 4 rings (SSSR count). The van der Waals surface area contributed by atoms with Gasteiger partial charge in [-0.05, 0) is 48.8 Å². The van der Waals surface area contributed by atoms with Crippen molar-refractivity contribution in [2.45, 2.75) is 25.6 Å². The molecule has 0 aliphatic rings. The van der Waals surface area contributed by atoms with Gasteiger partial charge in [0.15, 0.2) is 0 Å². The summed E-state index contributed by atoms with van der Waals surface area (Å²) in [6.07, 6.45) is -4.79. The maximum Gasteiger partial charge on any atom is 0.431 e. The number of nitrogens with zero attached hydrogens (tertiary/aromatic N) is 3. The van der Waals surface area contributed by atoms with Crippen molar-refractivity contribution in [3.63, 3.8) is 0 Å². The van der Waals surface area contributed by atoms with Crippen LogP contribution in [0, 0.1) is 6.92 Å². The molecule has 0 saturated carbocycles. The number of carboxylic acids is 1. The SMILES string of the molecule is C=CCC(Oc1ccc(C)cc1-c1nsc2ccc(-n3c(=O)cc(C(F)(F)F)n(C)c3=O)cc12)C(=O)[O-]. The maximum absolute atomic E-state index is 13.2. The van der Waals surface area contributed by atoms with Gasteiger partial charge in [0.05, 0.1) is 22.1 Å². The maximum atomic E-state index is 13.2. The quantitative estimate of drug-likeness (QED) is 0.340. The van der Waals surface area contributed by atoms with Gasteiger partial charge in [-0.15, -0.1) is 6.58 Å². The third kappa shape index (κ3) is 4.92. The first-order chi connectivity index (χ1) is 17.4. The first-order valence-electron chi connectivity index (χ1n) is 10.8. The lowest BCUT2D eigenvalue weighted by molar-refractivity contribution is -0.313. The van der Waals surface area contributed by atoms with Gasteiger partial charge in [0.1, 0.15) is 17.5 Å². The monoisotopic (exact) mass is 530 g/mol. The molecule has 192 valence electrons. The van der Waals surface area contributed by atoms with Crippen molar-refractivity contribution in [1.82, 2.24) is 13.5 Å². The van der Waals surface area contributed by atoms with Gasteiger partial charge >= 0.3 is 11.9 Å². The van der Waals surface area contributed by atoms with E-state index < -0.39 is 35.2 Å². The van der Waals surface area contributed by atoms with E-state index in [-0.39, 0.29) is 17.9 Å². The molecule has 12 heteroatoms. The van der Waals surface area contributed by atoms with Crippen LogP contribution in [0.5, 0.6) is 5.75 Å². The van der Waals surface area contributed by atoms with E-state index in [9.17, 15) is 32.7 Å². The van der Waals surface area contributed by atoms with Gasteiger partial charge in [-0.1, -0.05) is 17.7 Å². The number of carbonyl (C=O) groups is 1. The lowest BCUT2D eigenvalue weighted by Gasteiger charge is -2.20. The normalized spacial score (nSPS) is 12.5. The van der Waals surface area contributed by atoms with Gasteiger partial charge in [-0.3, -0.25) is 9.36 Å². The van der Waals surface area contributed by atoms with E-state index in [1.54, 1.807) is 24.3 Å². The number of benzene rings is 2. The number of rotatable bonds is 7. The van der Waals surface area contributed by atoms with E-state index in [0.717, 1.165) is 24.1 Å². The molecule has 1 unspecified atom stereocenters. The Morgan fingerprint density at radius 2 is 1.95 bits per heavy atom. The second-order valence-corrected chi connectivity index (χ2v) is 9.01. The van der Waals surface area contributed by atoms with Gasteiger partial charge in [0, 0.05) is 30.5 Å². The molecule has 0 bridgehead atoms. The fourth-order valence-electron chi connectivity index (χ4n) is 3.82. The van der Waals surface area contributed by atoms with Crippen molar-refractivity contribution in [3.8, 4) is 22.7 Å². The highest BCUT2D eigenvalue weighted by atomic mass is 32.1. The molecule has 0 spiro atoms. The first kappa shape index (κ1) is 25.9. The number of hydrogen-bond donors (Lipinski definition) is 0. The highest BCUT2D eigenvalue weighted by molar-refractivity contribution is 7.13. The molecule has 2 heterocycles. The minimum atomic E-state index is -4.88. The number of aliphatic carboxylic acids is 1. The molecule has 2 aromatic heterocycles. The van der Waals surface area contributed by atoms with Gasteiger partial charge < -0.3 is 14.6 Å². The predicted octanol–water partition coefficient (Wildman–Crippen LogP) is 3.21. The Morgan fingerprint density at radius 1 is 1.22 bits per heavy atom. The van der Waals surface area contributed by atoms with Crippen LogP contribution in [0.2, 0.25) is 0 Å². The van der Waals surface area contributed by atoms with Crippen LogP contribution in [0.1, 0.15) is 17.7 Å². The van der Waals surface area contributed by atoms with E-state index in [2.05, 4.69) is 11.0 Å². The summed E-state index contributed by atoms with van der Waals surface area (Å²) in [6, 6.07) is 9.91. The lowest BCUT2D eigenvalue weighted by atomic mass is 10.0. The number of alkyl halides is 3. The molecule has 4 aromatic rings. The second kappa shape index (κ2) is 9.69. The summed E-state index contributed by atoms with van der Waals surface area (Å²) in [6.45, 7) is 5.35. The fraction of sp³-hybridized carbons (Fsp3) is 0.200. The Morgan fingerprint density at radius 3 is 2.59 bits per heavy atom. The van der Waals surface area contributed by atoms with Crippen molar-refractivity contribution < 1.29 is 27.8 Å². The van der Waals surface area contributed by atoms with Crippen LogP contribution < -0.4 is 21.1 Å². The second-order valence-electron chi connectivity index (χ2n) is 8.20. The highest BCUT2D eigenvalue weighted by Gasteiger charge is 2.35. The third-order valence-electron chi connectivity index (χ3n) is 5.63. The Balaban J connectivity index is 1.89. The standard InChI is InChI=1S/C25H20F3N3O5S/c1-4-5-18(23(33)34)36-17-8-6-13(2)10-15(17)22-16-11-14(7-9-19(16)37-29-22)31-21(32)12-20(25(26,27)28)30(3)24(31)35/h4,6-12,18H,1,5H2,2-3H3,(H,33,34)/p-1. The summed E-state index contributed by atoms with van der Waals surface area (Å²) < 4.78 is 51.5. The average molecular weight is 531 g/mol. The van der Waals surface area contributed by atoms with Gasteiger partial charge in [0.25, 0.3) is 5.56 Å². The van der Waals surface area contributed by atoms with Gasteiger partial charge in [0.2, 0.25) is 0 Å². The largest absolute Gasteiger partial charge is 0.546 e. The molecular formula is C25H19F3N3O5S-. The summed E-state index contributed by atoms with van der Waals surface area (Å²) in [4.78, 5) is 36.9. The molecule has 0 aliphatic carbocycles. The zero-order valence-corrected chi connectivity index (χ0v) is 20.4. The molecule has 37 heavy (non-hydrogen) atoms. The number of carboxylic acid groups (broad SMARTS) is 1. The zero-order valence-electron chi connectivity index (χ0n) is 19.5. The number of fused-ring (bicyclic) bond motifs is 1. The van der Waals surface area contributed by atoms with Crippen molar-refractivity contribution >= 4 is 27.6 Å². The van der Waals surface area contributed by atoms with Gasteiger partial charge in [-0.25, -0.2) is 9.36 Å². The van der Waals surface area contributed by atoms with Gasteiger partial charge in [-0.2, -0.15) is 17.5 Å². The van der Waals surface area contributed by atoms with Crippen LogP contribution in [-0.4, -0.2) is 25.6 Å². The minimum Gasteiger partial charge on any atom is -0.546 e. The summed E-state index contributed by atoms with van der Waals surface area (Å²) in [5.41, 5.74) is -1.96. The van der Waals surface area contributed by atoms with Crippen LogP contribution in [0.4, 0.5) is 13.2 Å². The molecule has 0 saturated heterocycles. The predicted molar refractivity (Wildman–Crippen MR) is 130 cm³/mol. The molecule has 0 fully saturated rings. The molecule has 2 aromatic carbocycles. The van der Waals surface area contributed by atoms with Crippen LogP contribution in [0.15, 0.2) is 64.7 Å². The van der Waals surface area contributed by atoms with Crippen molar-refractivity contribution in [3.05, 3.63) is 87.2 Å². The number of carbonyl (C=O) groups excluding carboxylic acids is 1. The van der Waals surface area contributed by atoms with Crippen LogP contribution in [0.3, 0.4) is 0 Å². The number of aryl methyl sites for hydroxylation is 1. The minimum absolute atomic E-state index is 0.00224. The number of halogens is 3. The van der Waals surface area contributed by atoms with Crippen molar-refractivity contribution in [2.24, 2.45) is 7.05 Å². The smallest absolute Gasteiger partial charge is 0.431 e. The van der Waals surface area contributed by atoms with E-state index in [1.807, 2.05) is 6.92 Å². The Labute approximate surface area is 211 Å². The van der Waals surface area contributed by atoms with E-state index in [0.29, 0.717) is 36.5 Å². The number of aromatic nitrogens is 3. The number of hydrogen-bond acceptors (Lipinski definition) is 7. The van der Waals surface area contributed by atoms with E-state index >= 15 is 0 Å². The van der Waals surface area contributed by atoms with Crippen LogP contribution in [0.25, 0.3) is 27.0 Å². The summed E-state index contributed by atoms with van der Waals surface area (Å²) in [5.74, 6) is -1.21. The Kier molecular flexibility index (Phi) is 6.78. The molecular weight excluding hydrogens is 511 g/mol. The summed E-state index contributed by atoms with van der Waals surface area (Å²) in [7, 11) is 0.935. The molecule has 0 aliphatic heterocycles. The van der Waals surface area contributed by atoms with Crippen LogP contribution in [-0.2, 0) is 18.0 Å². The van der Waals surface area contributed by atoms with Crippen molar-refractivity contribution in [2.75, 3.05) is 0 Å². The highest BCUT2D eigenvalue weighted by Crippen LogP contribution is 2.38. The molecule has 0 radical (unpaired) electrons. The summed E-state index contributed by atoms with van der Waals surface area (Å²) >= 11 is 1.11. The average Bonchev–Trinajstić information content (AvgIpc) is 3.24. The topological polar surface area (TPSA) is 106 Å². The molecule has 0 amide bonds. The first-order valence-corrected chi connectivity index (χ1v) is 11.6. The van der Waals surface area contributed by atoms with Crippen LogP contribution >= 0.6 is 11.5 Å². The molecule has 1 atom stereocenters. The Hall–Kier alpha value is -4.19. The third-order valence-corrected chi connectivity index (χ3v) is 6.45. The fourth-order valence-corrected chi connectivity index (χ4v) is 4.59. The van der Waals surface area contributed by atoms with Crippen molar-refractivity contribution in [1.29, 1.82) is 0 Å². The Bertz CT molecular complexity index is 1650. The lowest BCUT2D eigenvalue weighted by Crippen LogP contribution is -2.40. The van der Waals surface area contributed by atoms with E-state index in [1.165, 1.54) is 18.2 Å². The molecule has 8 nitrogen and oxygen atoms in total. The van der Waals surface area contributed by atoms with E-state index in [4.69, 9.17) is 4.74 Å².